The Labute approximate surface area is 138 Å². The molecule has 2 aromatic rings. The van der Waals surface area contributed by atoms with Gasteiger partial charge >= 0.3 is 5.97 Å². The van der Waals surface area contributed by atoms with Gasteiger partial charge in [-0.2, -0.15) is 0 Å². The molecular weight excluding hydrogens is 323 g/mol. The first-order valence-electron chi connectivity index (χ1n) is 6.38. The molecule has 5 heteroatoms. The first kappa shape index (κ1) is 16.3. The third-order valence-electron chi connectivity index (χ3n) is 2.97. The molecule has 0 N–H and O–H groups in total. The van der Waals surface area contributed by atoms with Crippen molar-refractivity contribution in [3.05, 3.63) is 75.3 Å². The molecule has 0 saturated heterocycles. The zero-order valence-electron chi connectivity index (χ0n) is 11.7. The number of carbonyl (C=O) groups excluding carboxylic acids is 2. The average Bonchev–Trinajstić information content (AvgIpc) is 2.55. The van der Waals surface area contributed by atoms with Crippen LogP contribution in [0.4, 0.5) is 0 Å². The van der Waals surface area contributed by atoms with Crippen LogP contribution >= 0.6 is 23.2 Å². The summed E-state index contributed by atoms with van der Waals surface area (Å²) in [4.78, 5) is 24.4. The van der Waals surface area contributed by atoms with Crippen molar-refractivity contribution in [2.75, 3.05) is 7.11 Å². The highest BCUT2D eigenvalue weighted by Crippen LogP contribution is 2.28. The van der Waals surface area contributed by atoms with Crippen LogP contribution < -0.4 is 0 Å². The molecule has 0 heterocycles. The highest BCUT2D eigenvalue weighted by Gasteiger charge is 2.21. The van der Waals surface area contributed by atoms with Crippen LogP contribution in [0.1, 0.15) is 15.9 Å². The van der Waals surface area contributed by atoms with Gasteiger partial charge in [0.05, 0.1) is 17.2 Å². The van der Waals surface area contributed by atoms with E-state index >= 15 is 0 Å². The molecule has 112 valence electrons. The van der Waals surface area contributed by atoms with Gasteiger partial charge in [0.1, 0.15) is 5.57 Å². The van der Waals surface area contributed by atoms with Gasteiger partial charge in [-0.15, -0.1) is 0 Å². The Kier molecular flexibility index (Phi) is 5.36. The number of ether oxygens (including phenoxy) is 1. The summed E-state index contributed by atoms with van der Waals surface area (Å²) < 4.78 is 4.69. The molecule has 0 spiro atoms. The van der Waals surface area contributed by atoms with E-state index in [1.165, 1.54) is 13.2 Å². The van der Waals surface area contributed by atoms with Gasteiger partial charge in [0.2, 0.25) is 0 Å². The number of rotatable bonds is 4. The molecule has 3 nitrogen and oxygen atoms in total. The zero-order chi connectivity index (χ0) is 16.1. The minimum Gasteiger partial charge on any atom is -0.465 e. The van der Waals surface area contributed by atoms with Crippen LogP contribution in [0.15, 0.2) is 54.1 Å². The van der Waals surface area contributed by atoms with E-state index in [2.05, 4.69) is 0 Å². The monoisotopic (exact) mass is 334 g/mol. The van der Waals surface area contributed by atoms with E-state index in [4.69, 9.17) is 27.9 Å². The number of halogens is 2. The van der Waals surface area contributed by atoms with Crippen LogP contribution in [0.25, 0.3) is 6.08 Å². The molecule has 0 aliphatic heterocycles. The Morgan fingerprint density at radius 2 is 1.68 bits per heavy atom. The first-order valence-corrected chi connectivity index (χ1v) is 7.14. The van der Waals surface area contributed by atoms with Crippen LogP contribution in [0.5, 0.6) is 0 Å². The smallest absolute Gasteiger partial charge is 0.341 e. The summed E-state index contributed by atoms with van der Waals surface area (Å²) in [5.74, 6) is -1.17. The summed E-state index contributed by atoms with van der Waals surface area (Å²) in [5.41, 5.74) is 0.744. The van der Waals surface area contributed by atoms with Crippen LogP contribution in [0.3, 0.4) is 0 Å². The summed E-state index contributed by atoms with van der Waals surface area (Å²) in [5, 5.41) is 0.609. The molecule has 0 aliphatic carbocycles. The Morgan fingerprint density at radius 1 is 1.00 bits per heavy atom. The standard InChI is InChI=1S/C17H12Cl2O3/c1-22-17(21)13(16(20)11-6-3-2-4-7-11)10-12-8-5-9-14(18)15(12)19/h2-10H,1H3/b13-10-. The molecule has 0 saturated carbocycles. The van der Waals surface area contributed by atoms with Crippen LogP contribution in [-0.4, -0.2) is 18.9 Å². The maximum Gasteiger partial charge on any atom is 0.341 e. The van der Waals surface area contributed by atoms with Crippen molar-refractivity contribution in [1.29, 1.82) is 0 Å². The van der Waals surface area contributed by atoms with E-state index in [0.29, 0.717) is 16.1 Å². The first-order chi connectivity index (χ1) is 10.5. The molecule has 22 heavy (non-hydrogen) atoms. The third-order valence-corrected chi connectivity index (χ3v) is 3.80. The number of Topliss-reactive ketones (excluding diaryl/α,β-unsaturated/α-hetero) is 1. The lowest BCUT2D eigenvalue weighted by Gasteiger charge is -2.07. The summed E-state index contributed by atoms with van der Waals surface area (Å²) in [7, 11) is 1.22. The minimum absolute atomic E-state index is 0.113. The number of benzene rings is 2. The fourth-order valence-corrected chi connectivity index (χ4v) is 2.22. The molecule has 0 aliphatic rings. The largest absolute Gasteiger partial charge is 0.465 e. The number of hydrogen-bond acceptors (Lipinski definition) is 3. The predicted octanol–water partition coefficient (Wildman–Crippen LogP) is 4.43. The predicted molar refractivity (Wildman–Crippen MR) is 87.2 cm³/mol. The van der Waals surface area contributed by atoms with E-state index in [-0.39, 0.29) is 10.6 Å². The van der Waals surface area contributed by atoms with Gasteiger partial charge in [-0.1, -0.05) is 65.7 Å². The van der Waals surface area contributed by atoms with Crippen molar-refractivity contribution in [2.24, 2.45) is 0 Å². The van der Waals surface area contributed by atoms with E-state index in [9.17, 15) is 9.59 Å². The number of carbonyl (C=O) groups is 2. The third kappa shape index (κ3) is 3.56. The topological polar surface area (TPSA) is 43.4 Å². The van der Waals surface area contributed by atoms with Crippen LogP contribution in [0.2, 0.25) is 10.0 Å². The lowest BCUT2D eigenvalue weighted by atomic mass is 10.0. The second kappa shape index (κ2) is 7.25. The maximum atomic E-state index is 12.5. The molecule has 0 fully saturated rings. The van der Waals surface area contributed by atoms with E-state index < -0.39 is 11.8 Å². The lowest BCUT2D eigenvalue weighted by Crippen LogP contribution is -2.14. The second-order valence-electron chi connectivity index (χ2n) is 4.39. The van der Waals surface area contributed by atoms with Gasteiger partial charge in [0.15, 0.2) is 5.78 Å². The molecule has 0 bridgehead atoms. The van der Waals surface area contributed by atoms with E-state index in [0.717, 1.165) is 0 Å². The van der Waals surface area contributed by atoms with Crippen molar-refractivity contribution in [2.45, 2.75) is 0 Å². The van der Waals surface area contributed by atoms with Gasteiger partial charge in [0.25, 0.3) is 0 Å². The van der Waals surface area contributed by atoms with Crippen molar-refractivity contribution < 1.29 is 14.3 Å². The average molecular weight is 335 g/mol. The summed E-state index contributed by atoms with van der Waals surface area (Å²) in [6.45, 7) is 0. The maximum absolute atomic E-state index is 12.5. The van der Waals surface area contributed by atoms with Crippen LogP contribution in [-0.2, 0) is 9.53 Å². The zero-order valence-corrected chi connectivity index (χ0v) is 13.2. The quantitative estimate of drug-likeness (QED) is 0.273. The fraction of sp³-hybridized carbons (Fsp3) is 0.0588. The summed E-state index contributed by atoms with van der Waals surface area (Å²) in [6, 6.07) is 13.4. The van der Waals surface area contributed by atoms with E-state index in [1.807, 2.05) is 0 Å². The summed E-state index contributed by atoms with van der Waals surface area (Å²) >= 11 is 12.0. The molecule has 0 amide bonds. The minimum atomic E-state index is -0.732. The molecule has 0 aromatic heterocycles. The normalized spacial score (nSPS) is 11.1. The molecule has 2 rings (SSSR count). The van der Waals surface area contributed by atoms with Gasteiger partial charge in [-0.3, -0.25) is 4.79 Å². The SMILES string of the molecule is COC(=O)/C(=C\c1cccc(Cl)c1Cl)C(=O)c1ccccc1. The Balaban J connectivity index is 2.51. The molecule has 0 unspecified atom stereocenters. The van der Waals surface area contributed by atoms with E-state index in [1.54, 1.807) is 48.5 Å². The van der Waals surface area contributed by atoms with Crippen molar-refractivity contribution in [3.63, 3.8) is 0 Å². The Morgan fingerprint density at radius 3 is 2.32 bits per heavy atom. The molecule has 0 atom stereocenters. The highest BCUT2D eigenvalue weighted by molar-refractivity contribution is 6.43. The van der Waals surface area contributed by atoms with Gasteiger partial charge < -0.3 is 4.74 Å². The van der Waals surface area contributed by atoms with Gasteiger partial charge in [-0.25, -0.2) is 4.79 Å². The lowest BCUT2D eigenvalue weighted by molar-refractivity contribution is -0.135. The second-order valence-corrected chi connectivity index (χ2v) is 5.17. The molecular formula is C17H12Cl2O3. The summed E-state index contributed by atoms with van der Waals surface area (Å²) in [6.07, 6.45) is 1.38. The molecule has 0 radical (unpaired) electrons. The molecule has 2 aromatic carbocycles. The van der Waals surface area contributed by atoms with Gasteiger partial charge in [-0.05, 0) is 17.7 Å². The number of ketones is 1. The Bertz CT molecular complexity index is 737. The fourth-order valence-electron chi connectivity index (χ4n) is 1.86. The van der Waals surface area contributed by atoms with Crippen molar-refractivity contribution in [1.82, 2.24) is 0 Å². The van der Waals surface area contributed by atoms with Crippen molar-refractivity contribution >= 4 is 41.0 Å². The Hall–Kier alpha value is -2.10. The number of hydrogen-bond donors (Lipinski definition) is 0. The van der Waals surface area contributed by atoms with Crippen molar-refractivity contribution in [3.8, 4) is 0 Å². The van der Waals surface area contributed by atoms with Crippen LogP contribution in [0, 0.1) is 0 Å². The highest BCUT2D eigenvalue weighted by atomic mass is 35.5. The van der Waals surface area contributed by atoms with Gasteiger partial charge in [0, 0.05) is 5.56 Å². The number of methoxy groups -OCH3 is 1. The number of esters is 1.